The van der Waals surface area contributed by atoms with E-state index in [0.29, 0.717) is 85.2 Å². The number of aliphatic hydroxyl groups excluding tert-OH is 3. The second-order valence-electron chi connectivity index (χ2n) is 21.3. The predicted molar refractivity (Wildman–Crippen MR) is 385 cm³/mol. The third-order valence-electron chi connectivity index (χ3n) is 12.8. The van der Waals surface area contributed by atoms with Crippen LogP contribution in [0.5, 0.6) is 0 Å². The predicted octanol–water partition coefficient (Wildman–Crippen LogP) is 12.5. The summed E-state index contributed by atoms with van der Waals surface area (Å²) in [6, 6.07) is 27.2. The van der Waals surface area contributed by atoms with Gasteiger partial charge in [-0.05, 0) is 167 Å². The highest BCUT2D eigenvalue weighted by molar-refractivity contribution is 6.58. The largest absolute Gasteiger partial charge is 0.488 e. The van der Waals surface area contributed by atoms with Gasteiger partial charge in [-0.2, -0.15) is 0 Å². The Bertz CT molecular complexity index is 4070. The lowest BCUT2D eigenvalue weighted by molar-refractivity contribution is 0.0601. The quantitative estimate of drug-likeness (QED) is 0.0175. The number of benzene rings is 3. The van der Waals surface area contributed by atoms with Crippen molar-refractivity contribution in [1.82, 2.24) is 35.2 Å². The second kappa shape index (κ2) is 42.7. The Kier molecular flexibility index (Phi) is 36.0. The second-order valence-corrected chi connectivity index (χ2v) is 22.6. The number of aromatic nitrogens is 6. The molecule has 9 aromatic rings. The smallest absolute Gasteiger partial charge is 0.465 e. The lowest BCUT2D eigenvalue weighted by Crippen LogP contribution is -2.31. The molecule has 9 rings (SSSR count). The van der Waals surface area contributed by atoms with E-state index >= 15 is 0 Å². The number of nitrogens with two attached hydrogens (primary N) is 3. The molecule has 1 amide bonds. The van der Waals surface area contributed by atoms with Crippen LogP contribution in [-0.2, 0) is 4.74 Å². The maximum absolute atomic E-state index is 13.3. The van der Waals surface area contributed by atoms with Crippen molar-refractivity contribution in [3.05, 3.63) is 251 Å². The Morgan fingerprint density at radius 1 is 0.561 bits per heavy atom. The van der Waals surface area contributed by atoms with Crippen molar-refractivity contribution >= 4 is 105 Å². The van der Waals surface area contributed by atoms with Crippen LogP contribution in [0.4, 0.5) is 35.9 Å². The number of Topliss-reactive ketones (excluding diaryl/α,β-unsaturated/α-hetero) is 1. The summed E-state index contributed by atoms with van der Waals surface area (Å²) in [5.74, 6) is -1.86. The van der Waals surface area contributed by atoms with Crippen LogP contribution in [0.1, 0.15) is 102 Å². The number of hydrogen-bond acceptors (Lipinski definition) is 19. The molecule has 13 N–H and O–H groups in total. The number of esters is 1. The molecule has 6 aromatic heterocycles. The van der Waals surface area contributed by atoms with Gasteiger partial charge in [-0.25, -0.2) is 22.9 Å². The van der Waals surface area contributed by atoms with Gasteiger partial charge in [-0.3, -0.25) is 34.5 Å². The lowest BCUT2D eigenvalue weighted by Gasteiger charge is -2.16. The number of carbonyl (C=O) groups is 3. The minimum absolute atomic E-state index is 0.0727. The number of methoxy groups -OCH3 is 1. The molecule has 516 valence electrons. The summed E-state index contributed by atoms with van der Waals surface area (Å²) in [5, 5.41) is 51.3. The summed E-state index contributed by atoms with van der Waals surface area (Å²) in [6.07, 6.45) is 13.2. The maximum atomic E-state index is 13.3. The zero-order valence-corrected chi connectivity index (χ0v) is 57.2. The highest BCUT2D eigenvalue weighted by Crippen LogP contribution is 2.32. The van der Waals surface area contributed by atoms with Crippen molar-refractivity contribution in [2.45, 2.75) is 72.7 Å². The lowest BCUT2D eigenvalue weighted by atomic mass is 9.80. The molecule has 0 fully saturated rings. The zero-order chi connectivity index (χ0) is 73.2. The van der Waals surface area contributed by atoms with E-state index in [4.69, 9.17) is 72.3 Å². The molecule has 20 nitrogen and oxygen atoms in total. The van der Waals surface area contributed by atoms with Gasteiger partial charge in [0.25, 0.3) is 5.91 Å². The van der Waals surface area contributed by atoms with Gasteiger partial charge in [0.1, 0.15) is 28.2 Å². The summed E-state index contributed by atoms with van der Waals surface area (Å²) in [4.78, 5) is 59.2. The molecular weight excluding hydrogens is 1330 g/mol. The van der Waals surface area contributed by atoms with Gasteiger partial charge in [0.2, 0.25) is 0 Å². The van der Waals surface area contributed by atoms with Gasteiger partial charge in [-0.1, -0.05) is 66.7 Å². The number of halogens is 6. The molecule has 0 aliphatic heterocycles. The number of anilines is 4. The van der Waals surface area contributed by atoms with Crippen LogP contribution in [0, 0.1) is 17.5 Å². The van der Waals surface area contributed by atoms with E-state index in [1.807, 2.05) is 26.8 Å². The molecule has 0 aliphatic rings. The molecule has 6 heterocycles. The molecule has 0 saturated carbocycles. The van der Waals surface area contributed by atoms with Crippen LogP contribution >= 0.6 is 34.8 Å². The third-order valence-corrected chi connectivity index (χ3v) is 13.7. The number of hydrogen-bond donors (Lipinski definition) is 10. The number of ketones is 1. The molecule has 0 saturated heterocycles. The Morgan fingerprint density at radius 2 is 0.990 bits per heavy atom. The van der Waals surface area contributed by atoms with Gasteiger partial charge in [0.05, 0.1) is 63.7 Å². The van der Waals surface area contributed by atoms with Gasteiger partial charge in [0, 0.05) is 120 Å². The van der Waals surface area contributed by atoms with Crippen molar-refractivity contribution in [3.8, 4) is 22.5 Å². The molecule has 98 heavy (non-hydrogen) atoms. The first kappa shape index (κ1) is 82.5. The average Bonchev–Trinajstić information content (AvgIpc) is 0.815. The summed E-state index contributed by atoms with van der Waals surface area (Å²) < 4.78 is 42.7. The monoisotopic (exact) mass is 1400 g/mol. The Hall–Kier alpha value is -9.73. The fraction of sp³-hybridized carbons (Fsp3) is 0.197. The van der Waals surface area contributed by atoms with E-state index in [1.54, 1.807) is 106 Å². The number of nitrogens with one attached hydrogen (secondary N) is 2. The molecule has 0 radical (unpaired) electrons. The summed E-state index contributed by atoms with van der Waals surface area (Å²) in [6.45, 7) is 22.6. The topological polar surface area (TPSA) is 341 Å². The number of amides is 1. The van der Waals surface area contributed by atoms with E-state index in [-0.39, 0.29) is 41.8 Å². The molecule has 0 spiro atoms. The van der Waals surface area contributed by atoms with Crippen molar-refractivity contribution in [2.24, 2.45) is 5.73 Å². The van der Waals surface area contributed by atoms with Gasteiger partial charge < -0.3 is 57.9 Å². The highest BCUT2D eigenvalue weighted by Gasteiger charge is 2.17. The van der Waals surface area contributed by atoms with Crippen LogP contribution in [0.25, 0.3) is 39.2 Å². The van der Waals surface area contributed by atoms with Crippen molar-refractivity contribution < 1.29 is 57.7 Å². The Balaban J connectivity index is 0.000000317. The number of nitrogen functional groups attached to an aromatic ring is 2. The van der Waals surface area contributed by atoms with Crippen molar-refractivity contribution in [3.63, 3.8) is 0 Å². The molecule has 3 aromatic carbocycles. The highest BCUT2D eigenvalue weighted by atomic mass is 35.5. The van der Waals surface area contributed by atoms with E-state index in [1.165, 1.54) is 80.4 Å². The van der Waals surface area contributed by atoms with E-state index in [0.717, 1.165) is 50.2 Å². The summed E-state index contributed by atoms with van der Waals surface area (Å²) >= 11 is 17.6. The first-order valence-corrected chi connectivity index (χ1v) is 30.8. The number of rotatable bonds is 17. The number of aliphatic hydroxyl groups is 3. The number of nitrogens with zero attached hydrogens (tertiary/aromatic N) is 6. The molecule has 27 heteroatoms. The van der Waals surface area contributed by atoms with Crippen molar-refractivity contribution in [1.29, 1.82) is 0 Å². The molecule has 3 atom stereocenters. The van der Waals surface area contributed by atoms with Crippen LogP contribution in [-0.4, -0.2) is 119 Å². The van der Waals surface area contributed by atoms with Crippen LogP contribution < -0.4 is 33.3 Å². The van der Waals surface area contributed by atoms with E-state index < -0.39 is 25.3 Å². The standard InChI is InChI=1S/C23H23FN4O2.C14H11ClFN.C10H14N2O2.C8H7Cl2N.C7H8N2O2.C6H6BFO2.C3H9NO/c1-14(2)18-13-26-21(16-4-6-17(24)7-5-16)10-22(18)28-20-8-9-25-12-19(20)23(30)27-11-15(3)29;1-9(2)12-8-17-14(7-13(12)15)10-3-5-11(16)6-4-10;1-7(13)2-3-10(14)8-6-12-5-4-9(8)11;1-5(2)6-4-11-8(10)3-7(6)9;1-11-7(10)5-4-9-3-2-6(5)8;8-6-3-1-5(2-4-6)7(9)10;1-3(5)2-4/h4-10,12-13,15,29H,1,11H2,2-3H3,(H,27,30)(H,25,26,28);3-8H,1H2,2H3;4-7,13H,2-3H2,1H3,(H2,11,12);3-4H,1H2,2H3;2-4H,1H3,(H2,8,9);1-4,9-10H;3,5H,2,4H2,1H3/t15-;;7-;;;;3-/m0.0...0/s1. The third kappa shape index (κ3) is 29.3. The van der Waals surface area contributed by atoms with Crippen LogP contribution in [0.3, 0.4) is 0 Å². The Labute approximate surface area is 583 Å². The van der Waals surface area contributed by atoms with Gasteiger partial charge in [-0.15, -0.1) is 0 Å². The number of carbonyl (C=O) groups excluding carboxylic acids is 3. The summed E-state index contributed by atoms with van der Waals surface area (Å²) in [7, 11) is -0.213. The molecular formula is C71H78BCl3F3N11O9. The van der Waals surface area contributed by atoms with E-state index in [9.17, 15) is 32.7 Å². The van der Waals surface area contributed by atoms with Crippen LogP contribution in [0.15, 0.2) is 185 Å². The Morgan fingerprint density at radius 3 is 1.41 bits per heavy atom. The first-order chi connectivity index (χ1) is 46.4. The number of pyridine rings is 6. The first-order valence-electron chi connectivity index (χ1n) is 29.7. The maximum Gasteiger partial charge on any atom is 0.488 e. The number of ether oxygens (including phenoxy) is 1. The zero-order valence-electron chi connectivity index (χ0n) is 54.9. The normalized spacial score (nSPS) is 11.0. The minimum atomic E-state index is -1.51. The molecule has 0 aliphatic carbocycles. The summed E-state index contributed by atoms with van der Waals surface area (Å²) in [5.41, 5.74) is 27.4. The fourth-order valence-electron chi connectivity index (χ4n) is 7.52. The molecule has 0 bridgehead atoms. The average molecular weight is 1400 g/mol. The van der Waals surface area contributed by atoms with E-state index in [2.05, 4.69) is 65.0 Å². The fourth-order valence-corrected chi connectivity index (χ4v) is 8.36. The van der Waals surface area contributed by atoms with Gasteiger partial charge in [0.15, 0.2) is 5.78 Å². The van der Waals surface area contributed by atoms with Crippen LogP contribution in [0.2, 0.25) is 15.2 Å². The van der Waals surface area contributed by atoms with Crippen molar-refractivity contribution in [2.75, 3.05) is 37.0 Å². The SMILES string of the molecule is C=C(C)c1cnc(-c2ccc(F)cc2)cc1Cl.C=C(C)c1cnc(-c2ccc(F)cc2)cc1Nc1ccncc1C(=O)NC[C@H](C)O.C=C(C)c1cnc(Cl)cc1Cl.COC(=O)c1cnccc1N.C[C@H](O)CCC(=O)c1cnccc1N.C[C@H](O)CN.OB(O)c1ccc(F)cc1. The number of allylic oxidation sites excluding steroid dienone is 3. The minimum Gasteiger partial charge on any atom is -0.465 e. The molecule has 0 unspecified atom stereocenters. The van der Waals surface area contributed by atoms with Gasteiger partial charge >= 0.3 is 13.1 Å².